The van der Waals surface area contributed by atoms with Gasteiger partial charge in [0.2, 0.25) is 5.91 Å². The third kappa shape index (κ3) is 5.59. The molecule has 1 aliphatic carbocycles. The summed E-state index contributed by atoms with van der Waals surface area (Å²) >= 11 is 0. The van der Waals surface area contributed by atoms with Gasteiger partial charge in [-0.2, -0.15) is 0 Å². The molecule has 0 radical (unpaired) electrons. The molecule has 4 nitrogen and oxygen atoms in total. The Kier molecular flexibility index (Phi) is 7.14. The third-order valence-electron chi connectivity index (χ3n) is 5.20. The predicted octanol–water partition coefficient (Wildman–Crippen LogP) is 2.78. The highest BCUT2D eigenvalue weighted by molar-refractivity contribution is 5.79. The van der Waals surface area contributed by atoms with Crippen LogP contribution in [0.4, 0.5) is 0 Å². The molecule has 1 amide bonds. The Morgan fingerprint density at radius 1 is 1.29 bits per heavy atom. The molecule has 21 heavy (non-hydrogen) atoms. The number of aliphatic hydroxyl groups excluding tert-OH is 1. The fraction of sp³-hybridized carbons (Fsp3) is 0.941. The van der Waals surface area contributed by atoms with Gasteiger partial charge in [-0.05, 0) is 31.1 Å². The molecule has 0 aliphatic heterocycles. The van der Waals surface area contributed by atoms with Crippen LogP contribution in [0.2, 0.25) is 0 Å². The Balaban J connectivity index is 2.49. The van der Waals surface area contributed by atoms with Crippen LogP contribution in [-0.4, -0.2) is 40.9 Å². The van der Waals surface area contributed by atoms with E-state index >= 15 is 0 Å². The van der Waals surface area contributed by atoms with E-state index in [0.717, 1.165) is 51.5 Å². The van der Waals surface area contributed by atoms with Gasteiger partial charge in [-0.15, -0.1) is 0 Å². The highest BCUT2D eigenvalue weighted by Crippen LogP contribution is 2.33. The lowest BCUT2D eigenvalue weighted by atomic mass is 9.78. The Morgan fingerprint density at radius 2 is 1.90 bits per heavy atom. The van der Waals surface area contributed by atoms with Crippen LogP contribution >= 0.6 is 0 Å². The van der Waals surface area contributed by atoms with Crippen molar-refractivity contribution < 1.29 is 15.0 Å². The van der Waals surface area contributed by atoms with Gasteiger partial charge in [0.25, 0.3) is 0 Å². The van der Waals surface area contributed by atoms with Crippen molar-refractivity contribution in [1.29, 1.82) is 0 Å². The van der Waals surface area contributed by atoms with Gasteiger partial charge in [-0.25, -0.2) is 0 Å². The Labute approximate surface area is 129 Å². The molecule has 2 unspecified atom stereocenters. The van der Waals surface area contributed by atoms with Crippen molar-refractivity contribution in [3.05, 3.63) is 0 Å². The molecule has 0 heterocycles. The molecule has 1 rings (SSSR count). The quantitative estimate of drug-likeness (QED) is 0.711. The summed E-state index contributed by atoms with van der Waals surface area (Å²) in [5.74, 6) is -0.425. The normalized spacial score (nSPS) is 23.4. The monoisotopic (exact) mass is 299 g/mol. The Hall–Kier alpha value is -0.610. The van der Waals surface area contributed by atoms with Gasteiger partial charge in [0, 0.05) is 25.4 Å². The maximum absolute atomic E-state index is 12.5. The first-order chi connectivity index (χ1) is 9.78. The van der Waals surface area contributed by atoms with Gasteiger partial charge in [-0.3, -0.25) is 4.79 Å². The van der Waals surface area contributed by atoms with Crippen LogP contribution in [-0.2, 0) is 4.79 Å². The zero-order valence-corrected chi connectivity index (χ0v) is 14.1. The summed E-state index contributed by atoms with van der Waals surface area (Å²) in [6, 6.07) is 0. The molecule has 4 heteroatoms. The molecule has 2 atom stereocenters. The van der Waals surface area contributed by atoms with E-state index in [1.54, 1.807) is 4.90 Å². The predicted molar refractivity (Wildman–Crippen MR) is 84.6 cm³/mol. The highest BCUT2D eigenvalue weighted by atomic mass is 16.5. The van der Waals surface area contributed by atoms with Crippen LogP contribution in [0.1, 0.15) is 65.7 Å². The minimum absolute atomic E-state index is 0.0853. The van der Waals surface area contributed by atoms with E-state index in [0.29, 0.717) is 5.41 Å². The van der Waals surface area contributed by atoms with Gasteiger partial charge in [0.1, 0.15) is 0 Å². The topological polar surface area (TPSA) is 60.8 Å². The summed E-state index contributed by atoms with van der Waals surface area (Å²) in [5.41, 5.74) is 0.332. The molecule has 124 valence electrons. The van der Waals surface area contributed by atoms with Crippen molar-refractivity contribution in [1.82, 2.24) is 4.90 Å². The number of hydrogen-bond acceptors (Lipinski definition) is 3. The number of carbonyl (C=O) groups excluding carboxylic acids is 1. The standard InChI is InChI=1S/C17H33NO3/c1-5-17(2,3)11-8-12-18(4)15(19)13-9-6-7-10-14(13)16(20)21/h13-14,16,20-21H,5-12H2,1-4H3. The van der Waals surface area contributed by atoms with E-state index in [2.05, 4.69) is 20.8 Å². The largest absolute Gasteiger partial charge is 0.368 e. The number of rotatable bonds is 7. The van der Waals surface area contributed by atoms with E-state index in [9.17, 15) is 15.0 Å². The molecule has 1 aliphatic rings. The van der Waals surface area contributed by atoms with E-state index in [1.165, 1.54) is 0 Å². The molecular weight excluding hydrogens is 266 g/mol. The number of amides is 1. The van der Waals surface area contributed by atoms with Crippen molar-refractivity contribution >= 4 is 5.91 Å². The molecule has 0 aromatic rings. The van der Waals surface area contributed by atoms with Gasteiger partial charge < -0.3 is 15.1 Å². The lowest BCUT2D eigenvalue weighted by Gasteiger charge is -2.34. The van der Waals surface area contributed by atoms with Gasteiger partial charge in [0.15, 0.2) is 6.29 Å². The SMILES string of the molecule is CCC(C)(C)CCCN(C)C(=O)C1CCCCC1C(O)O. The molecule has 0 spiro atoms. The fourth-order valence-electron chi connectivity index (χ4n) is 3.19. The molecule has 0 saturated heterocycles. The second kappa shape index (κ2) is 8.14. The molecule has 2 N–H and O–H groups in total. The maximum Gasteiger partial charge on any atom is 0.225 e. The molecule has 1 saturated carbocycles. The lowest BCUT2D eigenvalue weighted by molar-refractivity contribution is -0.151. The minimum Gasteiger partial charge on any atom is -0.368 e. The average molecular weight is 299 g/mol. The highest BCUT2D eigenvalue weighted by Gasteiger charge is 2.36. The molecule has 1 fully saturated rings. The summed E-state index contributed by atoms with van der Waals surface area (Å²) in [5, 5.41) is 19.0. The summed E-state index contributed by atoms with van der Waals surface area (Å²) in [4.78, 5) is 14.3. The maximum atomic E-state index is 12.5. The minimum atomic E-state index is -1.37. The van der Waals surface area contributed by atoms with Crippen LogP contribution in [0.15, 0.2) is 0 Å². The van der Waals surface area contributed by atoms with E-state index in [1.807, 2.05) is 7.05 Å². The molecule has 0 aromatic heterocycles. The van der Waals surface area contributed by atoms with Crippen molar-refractivity contribution in [2.45, 2.75) is 72.0 Å². The molecular formula is C17H33NO3. The zero-order chi connectivity index (χ0) is 16.0. The van der Waals surface area contributed by atoms with Crippen molar-refractivity contribution in [3.63, 3.8) is 0 Å². The first-order valence-electron chi connectivity index (χ1n) is 8.39. The van der Waals surface area contributed by atoms with Gasteiger partial charge in [-0.1, -0.05) is 40.0 Å². The number of hydrogen-bond donors (Lipinski definition) is 2. The van der Waals surface area contributed by atoms with Gasteiger partial charge >= 0.3 is 0 Å². The van der Waals surface area contributed by atoms with Crippen LogP contribution < -0.4 is 0 Å². The lowest BCUT2D eigenvalue weighted by Crippen LogP contribution is -2.42. The second-order valence-corrected chi connectivity index (χ2v) is 7.35. The van der Waals surface area contributed by atoms with Crippen molar-refractivity contribution in [3.8, 4) is 0 Å². The number of nitrogens with zero attached hydrogens (tertiary/aromatic N) is 1. The molecule has 0 aromatic carbocycles. The first-order valence-corrected chi connectivity index (χ1v) is 8.39. The first kappa shape index (κ1) is 18.4. The smallest absolute Gasteiger partial charge is 0.225 e. The fourth-order valence-corrected chi connectivity index (χ4v) is 3.19. The second-order valence-electron chi connectivity index (χ2n) is 7.35. The summed E-state index contributed by atoms with van der Waals surface area (Å²) in [6.07, 6.45) is 5.41. The summed E-state index contributed by atoms with van der Waals surface area (Å²) in [6.45, 7) is 7.47. The van der Waals surface area contributed by atoms with Crippen LogP contribution in [0.25, 0.3) is 0 Å². The van der Waals surface area contributed by atoms with Gasteiger partial charge in [0.05, 0.1) is 0 Å². The average Bonchev–Trinajstić information content (AvgIpc) is 2.46. The third-order valence-corrected chi connectivity index (χ3v) is 5.20. The van der Waals surface area contributed by atoms with Crippen LogP contribution in [0.5, 0.6) is 0 Å². The summed E-state index contributed by atoms with van der Waals surface area (Å²) < 4.78 is 0. The zero-order valence-electron chi connectivity index (χ0n) is 14.1. The van der Waals surface area contributed by atoms with E-state index in [-0.39, 0.29) is 17.7 Å². The number of carbonyl (C=O) groups is 1. The van der Waals surface area contributed by atoms with Crippen LogP contribution in [0.3, 0.4) is 0 Å². The number of aliphatic hydroxyl groups is 2. The summed E-state index contributed by atoms with van der Waals surface area (Å²) in [7, 11) is 1.84. The Bertz CT molecular complexity index is 328. The van der Waals surface area contributed by atoms with E-state index in [4.69, 9.17) is 0 Å². The van der Waals surface area contributed by atoms with Crippen molar-refractivity contribution in [2.24, 2.45) is 17.3 Å². The molecule has 0 bridgehead atoms. The Morgan fingerprint density at radius 3 is 2.48 bits per heavy atom. The van der Waals surface area contributed by atoms with Crippen molar-refractivity contribution in [2.75, 3.05) is 13.6 Å². The van der Waals surface area contributed by atoms with E-state index < -0.39 is 6.29 Å². The van der Waals surface area contributed by atoms with Crippen LogP contribution in [0, 0.1) is 17.3 Å².